The van der Waals surface area contributed by atoms with Gasteiger partial charge in [-0.2, -0.15) is 5.10 Å². The fourth-order valence-corrected chi connectivity index (χ4v) is 3.64. The molecule has 7 heteroatoms. The highest BCUT2D eigenvalue weighted by molar-refractivity contribution is 6.30. The van der Waals surface area contributed by atoms with Crippen LogP contribution in [0.15, 0.2) is 53.6 Å². The zero-order valence-corrected chi connectivity index (χ0v) is 21.5. The van der Waals surface area contributed by atoms with Crippen LogP contribution in [0, 0.1) is 0 Å². The normalized spacial score (nSPS) is 10.9. The van der Waals surface area contributed by atoms with Crippen molar-refractivity contribution >= 4 is 29.6 Å². The molecule has 2 aromatic carbocycles. The topological polar surface area (TPSA) is 79.8 Å². The second kappa shape index (κ2) is 17.6. The summed E-state index contributed by atoms with van der Waals surface area (Å²) < 4.78 is 5.80. The third-order valence-corrected chi connectivity index (χ3v) is 5.79. The Morgan fingerprint density at radius 3 is 2.31 bits per heavy atom. The molecule has 0 radical (unpaired) electrons. The van der Waals surface area contributed by atoms with E-state index in [1.807, 2.05) is 48.5 Å². The van der Waals surface area contributed by atoms with Gasteiger partial charge in [0.25, 0.3) is 5.91 Å². The molecule has 0 aliphatic carbocycles. The molecule has 2 amide bonds. The van der Waals surface area contributed by atoms with Crippen LogP contribution in [0.25, 0.3) is 0 Å². The standard InChI is InChI=1S/C28H38ClN3O3/c1-2-3-4-5-6-7-8-9-10-14-27(33)30-21-28(34)32-31-20-24-12-11-13-26(19-24)35-22-23-15-17-25(29)18-16-23/h11-13,15-20H,2-10,14,21-22H2,1H3,(H,30,33)(H,32,34)/b31-20-. The van der Waals surface area contributed by atoms with Crippen molar-refractivity contribution in [3.8, 4) is 5.75 Å². The smallest absolute Gasteiger partial charge is 0.259 e. The summed E-state index contributed by atoms with van der Waals surface area (Å²) in [6.07, 6.45) is 12.8. The molecule has 2 N–H and O–H groups in total. The lowest BCUT2D eigenvalue weighted by Gasteiger charge is -2.07. The second-order valence-corrected chi connectivity index (χ2v) is 9.07. The third kappa shape index (κ3) is 13.6. The molecular formula is C28H38ClN3O3. The number of ether oxygens (including phenoxy) is 1. The van der Waals surface area contributed by atoms with Crippen LogP contribution in [-0.2, 0) is 16.2 Å². The van der Waals surface area contributed by atoms with Crippen LogP contribution < -0.4 is 15.5 Å². The van der Waals surface area contributed by atoms with Gasteiger partial charge in [0.15, 0.2) is 0 Å². The second-order valence-electron chi connectivity index (χ2n) is 8.64. The minimum atomic E-state index is -0.364. The minimum absolute atomic E-state index is 0.0855. The number of hydrogen-bond acceptors (Lipinski definition) is 4. The van der Waals surface area contributed by atoms with E-state index < -0.39 is 0 Å². The van der Waals surface area contributed by atoms with E-state index in [9.17, 15) is 9.59 Å². The highest BCUT2D eigenvalue weighted by atomic mass is 35.5. The molecule has 0 atom stereocenters. The molecular weight excluding hydrogens is 462 g/mol. The largest absolute Gasteiger partial charge is 0.489 e. The molecule has 0 aliphatic heterocycles. The summed E-state index contributed by atoms with van der Waals surface area (Å²) in [5.41, 5.74) is 4.24. The number of nitrogens with zero attached hydrogens (tertiary/aromatic N) is 1. The van der Waals surface area contributed by atoms with Crippen molar-refractivity contribution in [3.63, 3.8) is 0 Å². The van der Waals surface area contributed by atoms with Gasteiger partial charge in [-0.15, -0.1) is 0 Å². The van der Waals surface area contributed by atoms with Gasteiger partial charge in [-0.3, -0.25) is 9.59 Å². The molecule has 0 bridgehead atoms. The molecule has 190 valence electrons. The van der Waals surface area contributed by atoms with Gasteiger partial charge < -0.3 is 10.1 Å². The zero-order chi connectivity index (χ0) is 25.1. The van der Waals surface area contributed by atoms with Crippen LogP contribution >= 0.6 is 11.6 Å². The maximum atomic E-state index is 11.9. The van der Waals surface area contributed by atoms with E-state index in [1.165, 1.54) is 51.2 Å². The van der Waals surface area contributed by atoms with Crippen molar-refractivity contribution in [2.45, 2.75) is 77.7 Å². The molecule has 0 heterocycles. The van der Waals surface area contributed by atoms with E-state index in [0.29, 0.717) is 23.8 Å². The predicted octanol–water partition coefficient (Wildman–Crippen LogP) is 6.41. The Hall–Kier alpha value is -2.86. The van der Waals surface area contributed by atoms with Crippen LogP contribution in [0.4, 0.5) is 0 Å². The Morgan fingerprint density at radius 2 is 1.60 bits per heavy atom. The number of hydrogen-bond donors (Lipinski definition) is 2. The Bertz CT molecular complexity index is 916. The van der Waals surface area contributed by atoms with Crippen molar-refractivity contribution in [1.82, 2.24) is 10.7 Å². The molecule has 35 heavy (non-hydrogen) atoms. The van der Waals surface area contributed by atoms with E-state index in [4.69, 9.17) is 16.3 Å². The number of halogens is 1. The predicted molar refractivity (Wildman–Crippen MR) is 143 cm³/mol. The summed E-state index contributed by atoms with van der Waals surface area (Å²) >= 11 is 5.90. The first kappa shape index (κ1) is 28.4. The number of rotatable bonds is 17. The Kier molecular flexibility index (Phi) is 14.2. The highest BCUT2D eigenvalue weighted by Crippen LogP contribution is 2.16. The molecule has 0 saturated carbocycles. The number of benzene rings is 2. The van der Waals surface area contributed by atoms with Gasteiger partial charge in [-0.1, -0.05) is 94.2 Å². The summed E-state index contributed by atoms with van der Waals surface area (Å²) in [5.74, 6) is 0.230. The molecule has 0 fully saturated rings. The summed E-state index contributed by atoms with van der Waals surface area (Å²) in [6, 6.07) is 14.9. The van der Waals surface area contributed by atoms with Gasteiger partial charge in [0.05, 0.1) is 12.8 Å². The number of unbranched alkanes of at least 4 members (excludes halogenated alkanes) is 8. The van der Waals surface area contributed by atoms with Crippen LogP contribution in [0.2, 0.25) is 5.02 Å². The highest BCUT2D eigenvalue weighted by Gasteiger charge is 2.05. The number of carbonyl (C=O) groups excluding carboxylic acids is 2. The molecule has 0 spiro atoms. The number of carbonyl (C=O) groups is 2. The quantitative estimate of drug-likeness (QED) is 0.150. The van der Waals surface area contributed by atoms with Gasteiger partial charge in [0, 0.05) is 11.4 Å². The van der Waals surface area contributed by atoms with Crippen molar-refractivity contribution in [2.24, 2.45) is 5.10 Å². The number of amides is 2. The molecule has 0 unspecified atom stereocenters. The summed E-state index contributed by atoms with van der Waals surface area (Å²) in [7, 11) is 0. The lowest BCUT2D eigenvalue weighted by Crippen LogP contribution is -2.34. The lowest BCUT2D eigenvalue weighted by molar-refractivity contribution is -0.126. The zero-order valence-electron chi connectivity index (χ0n) is 20.7. The van der Waals surface area contributed by atoms with Crippen LogP contribution in [-0.4, -0.2) is 24.6 Å². The fourth-order valence-electron chi connectivity index (χ4n) is 3.51. The average molecular weight is 500 g/mol. The van der Waals surface area contributed by atoms with Crippen molar-refractivity contribution in [2.75, 3.05) is 6.54 Å². The first-order chi connectivity index (χ1) is 17.1. The van der Waals surface area contributed by atoms with Crippen LogP contribution in [0.1, 0.15) is 82.3 Å². The minimum Gasteiger partial charge on any atom is -0.489 e. The van der Waals surface area contributed by atoms with Crippen LogP contribution in [0.5, 0.6) is 5.75 Å². The fraction of sp³-hybridized carbons (Fsp3) is 0.464. The molecule has 0 aromatic heterocycles. The number of nitrogens with one attached hydrogen (secondary N) is 2. The van der Waals surface area contributed by atoms with Gasteiger partial charge in [-0.25, -0.2) is 5.43 Å². The molecule has 0 aliphatic rings. The Balaban J connectivity index is 1.57. The molecule has 6 nitrogen and oxygen atoms in total. The van der Waals surface area contributed by atoms with E-state index in [1.54, 1.807) is 0 Å². The average Bonchev–Trinajstić information content (AvgIpc) is 2.86. The molecule has 0 saturated heterocycles. The number of hydrazone groups is 1. The molecule has 2 aromatic rings. The van der Waals surface area contributed by atoms with Crippen molar-refractivity contribution < 1.29 is 14.3 Å². The van der Waals surface area contributed by atoms with Gasteiger partial charge in [0.1, 0.15) is 12.4 Å². The maximum absolute atomic E-state index is 11.9. The van der Waals surface area contributed by atoms with Crippen molar-refractivity contribution in [3.05, 3.63) is 64.7 Å². The molecule has 2 rings (SSSR count). The maximum Gasteiger partial charge on any atom is 0.259 e. The lowest BCUT2D eigenvalue weighted by atomic mass is 10.1. The SMILES string of the molecule is CCCCCCCCCCCC(=O)NCC(=O)N/N=C\c1cccc(OCc2ccc(Cl)cc2)c1. The Labute approximate surface area is 214 Å². The van der Waals surface area contributed by atoms with E-state index in [2.05, 4.69) is 22.8 Å². The summed E-state index contributed by atoms with van der Waals surface area (Å²) in [6.45, 7) is 2.56. The van der Waals surface area contributed by atoms with E-state index in [-0.39, 0.29) is 18.4 Å². The summed E-state index contributed by atoms with van der Waals surface area (Å²) in [5, 5.41) is 7.30. The summed E-state index contributed by atoms with van der Waals surface area (Å²) in [4.78, 5) is 23.9. The van der Waals surface area contributed by atoms with Gasteiger partial charge >= 0.3 is 0 Å². The Morgan fingerprint density at radius 1 is 0.914 bits per heavy atom. The van der Waals surface area contributed by atoms with Gasteiger partial charge in [0.2, 0.25) is 5.91 Å². The van der Waals surface area contributed by atoms with E-state index >= 15 is 0 Å². The van der Waals surface area contributed by atoms with E-state index in [0.717, 1.165) is 24.0 Å². The van der Waals surface area contributed by atoms with Crippen LogP contribution in [0.3, 0.4) is 0 Å². The van der Waals surface area contributed by atoms with Crippen molar-refractivity contribution in [1.29, 1.82) is 0 Å². The van der Waals surface area contributed by atoms with Gasteiger partial charge in [-0.05, 0) is 41.8 Å². The first-order valence-electron chi connectivity index (χ1n) is 12.6. The first-order valence-corrected chi connectivity index (χ1v) is 13.0. The monoisotopic (exact) mass is 499 g/mol. The third-order valence-electron chi connectivity index (χ3n) is 5.53.